The number of hydrogen-bond acceptors (Lipinski definition) is 5. The number of pyridine rings is 1. The van der Waals surface area contributed by atoms with E-state index in [1.165, 1.54) is 0 Å². The third-order valence-electron chi connectivity index (χ3n) is 3.55. The number of azide groups is 1. The highest BCUT2D eigenvalue weighted by molar-refractivity contribution is 6.10. The van der Waals surface area contributed by atoms with Crippen LogP contribution < -0.4 is 11.1 Å². The molecule has 120 valence electrons. The Balaban J connectivity index is 1.98. The minimum absolute atomic E-state index is 0.224. The van der Waals surface area contributed by atoms with Gasteiger partial charge in [0, 0.05) is 22.7 Å². The molecule has 9 nitrogen and oxygen atoms in total. The van der Waals surface area contributed by atoms with Crippen molar-refractivity contribution in [1.82, 2.24) is 15.2 Å². The number of benzene rings is 1. The zero-order valence-corrected chi connectivity index (χ0v) is 12.8. The van der Waals surface area contributed by atoms with E-state index >= 15 is 0 Å². The lowest BCUT2D eigenvalue weighted by atomic mass is 10.0. The molecule has 0 aliphatic heterocycles. The Labute approximate surface area is 136 Å². The van der Waals surface area contributed by atoms with E-state index in [4.69, 9.17) is 11.3 Å². The molecule has 3 aromatic rings. The molecule has 0 bridgehead atoms. The van der Waals surface area contributed by atoms with Crippen LogP contribution in [0.25, 0.3) is 21.5 Å². The van der Waals surface area contributed by atoms with Crippen LogP contribution in [0.5, 0.6) is 0 Å². The number of amides is 1. The van der Waals surface area contributed by atoms with E-state index in [1.54, 1.807) is 36.7 Å². The molecule has 0 unspecified atom stereocenters. The third kappa shape index (κ3) is 2.89. The van der Waals surface area contributed by atoms with E-state index in [0.29, 0.717) is 16.7 Å². The highest BCUT2D eigenvalue weighted by Crippen LogP contribution is 2.26. The molecule has 3 rings (SSSR count). The molecular weight excluding hydrogens is 308 g/mol. The maximum atomic E-state index is 12.6. The zero-order valence-electron chi connectivity index (χ0n) is 12.8. The number of nitrogens with zero attached hydrogens (tertiary/aromatic N) is 5. The molecule has 0 fully saturated rings. The van der Waals surface area contributed by atoms with E-state index in [9.17, 15) is 4.79 Å². The van der Waals surface area contributed by atoms with Crippen LogP contribution >= 0.6 is 0 Å². The van der Waals surface area contributed by atoms with Crippen molar-refractivity contribution in [1.29, 1.82) is 0 Å². The molecule has 0 spiro atoms. The van der Waals surface area contributed by atoms with Gasteiger partial charge in [0.1, 0.15) is 0 Å². The summed E-state index contributed by atoms with van der Waals surface area (Å²) >= 11 is 0. The van der Waals surface area contributed by atoms with Crippen molar-refractivity contribution in [3.63, 3.8) is 0 Å². The number of nitrogens with one attached hydrogen (secondary N) is 2. The lowest BCUT2D eigenvalue weighted by Gasteiger charge is -2.11. The summed E-state index contributed by atoms with van der Waals surface area (Å²) < 4.78 is 0. The summed E-state index contributed by atoms with van der Waals surface area (Å²) in [4.78, 5) is 19.5. The normalized spacial score (nSPS) is 11.8. The number of nitrogens with two attached hydrogens (primary N) is 1. The standard InChI is InChI=1S/C15H14N8O/c1-8(16)9-2-3-10(13(6-9)21-23-17)15(24)20-12-4-5-18-14-11(12)7-19-22-14/h2-8H,16H2,1H3,(H2,18,19,20,22,24)/t8-/m1/s1. The number of H-pyrrole nitrogens is 1. The van der Waals surface area contributed by atoms with Crippen LogP contribution in [0.4, 0.5) is 11.4 Å². The smallest absolute Gasteiger partial charge is 0.256 e. The Kier molecular flexibility index (Phi) is 4.11. The molecule has 9 heteroatoms. The van der Waals surface area contributed by atoms with Crippen molar-refractivity contribution < 1.29 is 4.79 Å². The first-order valence-corrected chi connectivity index (χ1v) is 7.14. The SMILES string of the molecule is C[C@@H](N)c1ccc(C(=O)Nc2ccnc3[nH]ncc23)c(N=[N+]=[N-])c1. The average molecular weight is 322 g/mol. The van der Waals surface area contributed by atoms with E-state index in [2.05, 4.69) is 30.5 Å². The van der Waals surface area contributed by atoms with Crippen molar-refractivity contribution in [3.8, 4) is 0 Å². The molecule has 0 radical (unpaired) electrons. The van der Waals surface area contributed by atoms with Crippen LogP contribution in [0.2, 0.25) is 0 Å². The molecule has 0 saturated heterocycles. The van der Waals surface area contributed by atoms with E-state index in [0.717, 1.165) is 5.56 Å². The Hall–Kier alpha value is -3.42. The number of carbonyl (C=O) groups excluding carboxylic acids is 1. The van der Waals surface area contributed by atoms with Crippen molar-refractivity contribution in [2.75, 3.05) is 5.32 Å². The van der Waals surface area contributed by atoms with E-state index in [1.807, 2.05) is 6.92 Å². The highest BCUT2D eigenvalue weighted by atomic mass is 16.1. The van der Waals surface area contributed by atoms with Gasteiger partial charge in [-0.15, -0.1) is 0 Å². The van der Waals surface area contributed by atoms with E-state index < -0.39 is 5.91 Å². The monoisotopic (exact) mass is 322 g/mol. The summed E-state index contributed by atoms with van der Waals surface area (Å²) in [6, 6.07) is 6.36. The molecule has 2 heterocycles. The Morgan fingerprint density at radius 2 is 2.29 bits per heavy atom. The lowest BCUT2D eigenvalue weighted by molar-refractivity contribution is 0.102. The van der Waals surface area contributed by atoms with Gasteiger partial charge >= 0.3 is 0 Å². The fourth-order valence-electron chi connectivity index (χ4n) is 2.30. The van der Waals surface area contributed by atoms with Gasteiger partial charge in [-0.25, -0.2) is 4.98 Å². The molecule has 0 aliphatic rings. The van der Waals surface area contributed by atoms with Crippen LogP contribution in [-0.2, 0) is 0 Å². The predicted molar refractivity (Wildman–Crippen MR) is 89.7 cm³/mol. The summed E-state index contributed by atoms with van der Waals surface area (Å²) in [6.45, 7) is 1.81. The quantitative estimate of drug-likeness (QED) is 0.384. The first-order valence-electron chi connectivity index (χ1n) is 7.14. The van der Waals surface area contributed by atoms with Gasteiger partial charge in [0.2, 0.25) is 0 Å². The van der Waals surface area contributed by atoms with Crippen molar-refractivity contribution in [2.24, 2.45) is 10.8 Å². The highest BCUT2D eigenvalue weighted by Gasteiger charge is 2.14. The van der Waals surface area contributed by atoms with Gasteiger partial charge in [0.05, 0.1) is 23.0 Å². The predicted octanol–water partition coefficient (Wildman–Crippen LogP) is 3.17. The number of aromatic amines is 1. The van der Waals surface area contributed by atoms with Crippen molar-refractivity contribution >= 4 is 28.3 Å². The zero-order chi connectivity index (χ0) is 17.1. The number of aromatic nitrogens is 3. The van der Waals surface area contributed by atoms with Gasteiger partial charge in [0.15, 0.2) is 5.65 Å². The van der Waals surface area contributed by atoms with Crippen LogP contribution in [0.1, 0.15) is 28.9 Å². The van der Waals surface area contributed by atoms with Crippen molar-refractivity contribution in [2.45, 2.75) is 13.0 Å². The minimum Gasteiger partial charge on any atom is -0.324 e. The molecule has 24 heavy (non-hydrogen) atoms. The first kappa shape index (κ1) is 15.5. The number of rotatable bonds is 4. The average Bonchev–Trinajstić information content (AvgIpc) is 3.04. The summed E-state index contributed by atoms with van der Waals surface area (Å²) in [7, 11) is 0. The topological polar surface area (TPSA) is 145 Å². The molecule has 1 atom stereocenters. The molecule has 0 aliphatic carbocycles. The molecule has 4 N–H and O–H groups in total. The van der Waals surface area contributed by atoms with Gasteiger partial charge in [-0.05, 0) is 36.2 Å². The summed E-state index contributed by atoms with van der Waals surface area (Å²) in [5.41, 5.74) is 16.9. The molecule has 1 aromatic carbocycles. The molecular formula is C15H14N8O. The first-order chi connectivity index (χ1) is 11.6. The third-order valence-corrected chi connectivity index (χ3v) is 3.55. The fraction of sp³-hybridized carbons (Fsp3) is 0.133. The number of carbonyl (C=O) groups is 1. The molecule has 0 saturated carbocycles. The van der Waals surface area contributed by atoms with Gasteiger partial charge in [-0.1, -0.05) is 11.2 Å². The largest absolute Gasteiger partial charge is 0.324 e. The Bertz CT molecular complexity index is 955. The molecule has 1 amide bonds. The maximum absolute atomic E-state index is 12.6. The van der Waals surface area contributed by atoms with Crippen LogP contribution in [0.15, 0.2) is 41.8 Å². The fourth-order valence-corrected chi connectivity index (χ4v) is 2.30. The minimum atomic E-state index is -0.401. The second-order valence-electron chi connectivity index (χ2n) is 5.20. The molecule has 2 aromatic heterocycles. The van der Waals surface area contributed by atoms with Crippen LogP contribution in [0, 0.1) is 0 Å². The maximum Gasteiger partial charge on any atom is 0.256 e. The van der Waals surface area contributed by atoms with Crippen LogP contribution in [-0.4, -0.2) is 21.1 Å². The number of anilines is 1. The summed E-state index contributed by atoms with van der Waals surface area (Å²) in [6.07, 6.45) is 3.13. The summed E-state index contributed by atoms with van der Waals surface area (Å²) in [5.74, 6) is -0.401. The van der Waals surface area contributed by atoms with Crippen molar-refractivity contribution in [3.05, 3.63) is 58.2 Å². The second kappa shape index (κ2) is 6.37. The van der Waals surface area contributed by atoms with Crippen LogP contribution in [0.3, 0.4) is 0 Å². The second-order valence-corrected chi connectivity index (χ2v) is 5.20. The number of hydrogen-bond donors (Lipinski definition) is 3. The van der Waals surface area contributed by atoms with Gasteiger partial charge < -0.3 is 11.1 Å². The Morgan fingerprint density at radius 3 is 3.04 bits per heavy atom. The number of fused-ring (bicyclic) bond motifs is 1. The van der Waals surface area contributed by atoms with E-state index in [-0.39, 0.29) is 17.3 Å². The Morgan fingerprint density at radius 1 is 1.46 bits per heavy atom. The van der Waals surface area contributed by atoms with Gasteiger partial charge in [-0.3, -0.25) is 9.89 Å². The lowest BCUT2D eigenvalue weighted by Crippen LogP contribution is -2.13. The summed E-state index contributed by atoms with van der Waals surface area (Å²) in [5, 5.41) is 13.7. The van der Waals surface area contributed by atoms with Gasteiger partial charge in [-0.2, -0.15) is 5.10 Å². The van der Waals surface area contributed by atoms with Gasteiger partial charge in [0.25, 0.3) is 5.91 Å².